The van der Waals surface area contributed by atoms with Crippen LogP contribution in [0.1, 0.15) is 20.8 Å². The Morgan fingerprint density at radius 1 is 1.47 bits per heavy atom. The van der Waals surface area contributed by atoms with Crippen molar-refractivity contribution in [2.24, 2.45) is 5.41 Å². The van der Waals surface area contributed by atoms with Crippen LogP contribution in [0, 0.1) is 5.41 Å². The fourth-order valence-corrected chi connectivity index (χ4v) is 3.55. The Bertz CT molecular complexity index is 436. The molecule has 3 aliphatic carbocycles. The van der Waals surface area contributed by atoms with E-state index in [9.17, 15) is 5.11 Å². The lowest BCUT2D eigenvalue weighted by Crippen LogP contribution is -2.62. The highest BCUT2D eigenvalue weighted by molar-refractivity contribution is 5.66. The number of ether oxygens (including phenoxy) is 1. The van der Waals surface area contributed by atoms with E-state index in [1.807, 2.05) is 23.9 Å². The molecular weight excluding hydrogens is 214 g/mol. The van der Waals surface area contributed by atoms with Crippen molar-refractivity contribution < 1.29 is 14.4 Å². The zero-order valence-electron chi connectivity index (χ0n) is 11.3. The van der Waals surface area contributed by atoms with E-state index in [2.05, 4.69) is 27.4 Å². The van der Waals surface area contributed by atoms with Crippen molar-refractivity contribution >= 4 is 6.21 Å². The molecule has 2 bridgehead atoms. The van der Waals surface area contributed by atoms with Crippen LogP contribution < -0.4 is 0 Å². The van der Waals surface area contributed by atoms with Crippen molar-refractivity contribution in [2.45, 2.75) is 38.0 Å². The third kappa shape index (κ3) is 1.07. The summed E-state index contributed by atoms with van der Waals surface area (Å²) in [6.45, 7) is 10.1. The van der Waals surface area contributed by atoms with Gasteiger partial charge in [-0.15, -0.1) is 0 Å². The predicted octanol–water partition coefficient (Wildman–Crippen LogP) is 1.37. The lowest BCUT2D eigenvalue weighted by molar-refractivity contribution is -0.607. The first-order valence-corrected chi connectivity index (χ1v) is 5.94. The molecule has 0 spiro atoms. The molecule has 0 heterocycles. The molecular formula is C14H22NO2+. The first-order chi connectivity index (χ1) is 7.77. The van der Waals surface area contributed by atoms with Gasteiger partial charge >= 0.3 is 0 Å². The van der Waals surface area contributed by atoms with Crippen LogP contribution in [0.3, 0.4) is 0 Å². The lowest BCUT2D eigenvalue weighted by atomic mass is 9.74. The van der Waals surface area contributed by atoms with Gasteiger partial charge in [-0.25, -0.2) is 4.58 Å². The number of hydrogen-bond donors (Lipinski definition) is 1. The molecule has 3 nitrogen and oxygen atoms in total. The van der Waals surface area contributed by atoms with Gasteiger partial charge in [-0.05, 0) is 31.6 Å². The molecule has 0 aliphatic heterocycles. The number of allylic oxidation sites excluding steroid dienone is 1. The molecule has 3 aliphatic rings. The van der Waals surface area contributed by atoms with Crippen LogP contribution in [0.25, 0.3) is 0 Å². The summed E-state index contributed by atoms with van der Waals surface area (Å²) >= 11 is 0. The maximum Gasteiger partial charge on any atom is 0.202 e. The summed E-state index contributed by atoms with van der Waals surface area (Å²) in [7, 11) is 3.63. The number of methoxy groups -OCH3 is 1. The molecule has 1 N–H and O–H groups in total. The average molecular weight is 236 g/mol. The summed E-state index contributed by atoms with van der Waals surface area (Å²) in [5.74, 6) is 0. The van der Waals surface area contributed by atoms with Crippen molar-refractivity contribution in [3.63, 3.8) is 0 Å². The zero-order chi connectivity index (χ0) is 13.1. The van der Waals surface area contributed by atoms with Gasteiger partial charge in [0.1, 0.15) is 13.2 Å². The molecule has 0 amide bonds. The second-order valence-corrected chi connectivity index (χ2v) is 5.73. The van der Waals surface area contributed by atoms with Gasteiger partial charge in [-0.2, -0.15) is 0 Å². The zero-order valence-corrected chi connectivity index (χ0v) is 11.3. The van der Waals surface area contributed by atoms with Gasteiger partial charge in [0.2, 0.25) is 5.54 Å². The van der Waals surface area contributed by atoms with Gasteiger partial charge in [0.15, 0.2) is 11.8 Å². The number of rotatable bonds is 3. The standard InChI is InChI=1S/C14H22NO2/c1-7-8-15(5)13(4)12(2,3)10-9-14(13,16)11(10)17-6/h7-9,11,16H,1H2,2-6H3/q+1. The highest BCUT2D eigenvalue weighted by Crippen LogP contribution is 2.65. The minimum atomic E-state index is -0.922. The van der Waals surface area contributed by atoms with E-state index in [1.165, 1.54) is 5.57 Å². The van der Waals surface area contributed by atoms with E-state index >= 15 is 0 Å². The van der Waals surface area contributed by atoms with Crippen LogP contribution in [-0.2, 0) is 4.74 Å². The summed E-state index contributed by atoms with van der Waals surface area (Å²) < 4.78 is 7.50. The third-order valence-electron chi connectivity index (χ3n) is 5.05. The Morgan fingerprint density at radius 3 is 2.47 bits per heavy atom. The number of hydrogen-bond acceptors (Lipinski definition) is 2. The molecule has 0 aromatic rings. The Hall–Kier alpha value is -0.930. The van der Waals surface area contributed by atoms with Gasteiger partial charge in [0, 0.05) is 14.0 Å². The second-order valence-electron chi connectivity index (χ2n) is 5.73. The molecule has 3 atom stereocenters. The highest BCUT2D eigenvalue weighted by atomic mass is 16.5. The van der Waals surface area contributed by atoms with Crippen LogP contribution in [0.4, 0.5) is 0 Å². The Kier molecular flexibility index (Phi) is 2.43. The quantitative estimate of drug-likeness (QED) is 0.456. The van der Waals surface area contributed by atoms with Crippen LogP contribution in [0.15, 0.2) is 24.3 Å². The van der Waals surface area contributed by atoms with E-state index in [0.717, 1.165) is 0 Å². The summed E-state index contributed by atoms with van der Waals surface area (Å²) in [5.41, 5.74) is -0.273. The molecule has 0 aromatic carbocycles. The van der Waals surface area contributed by atoms with E-state index in [4.69, 9.17) is 4.74 Å². The minimum absolute atomic E-state index is 0.128. The molecule has 3 unspecified atom stereocenters. The highest BCUT2D eigenvalue weighted by Gasteiger charge is 2.79. The van der Waals surface area contributed by atoms with Gasteiger partial charge < -0.3 is 9.84 Å². The van der Waals surface area contributed by atoms with Gasteiger partial charge in [-0.3, -0.25) is 0 Å². The van der Waals surface area contributed by atoms with Gasteiger partial charge in [0.25, 0.3) is 0 Å². The molecule has 0 saturated heterocycles. The molecule has 17 heavy (non-hydrogen) atoms. The second kappa shape index (κ2) is 3.30. The maximum atomic E-state index is 10.9. The van der Waals surface area contributed by atoms with Crippen LogP contribution in [-0.4, -0.2) is 47.3 Å². The Labute approximate surface area is 103 Å². The SMILES string of the molecule is C=CC=[N+](C)C1(C)C(C)(C)C2=CC1(O)C2OC. The molecule has 0 aromatic heterocycles. The number of nitrogens with zero attached hydrogens (tertiary/aromatic N) is 1. The monoisotopic (exact) mass is 236 g/mol. The average Bonchev–Trinajstić information content (AvgIpc) is 2.46. The van der Waals surface area contributed by atoms with Crippen molar-refractivity contribution in [3.8, 4) is 0 Å². The van der Waals surface area contributed by atoms with E-state index < -0.39 is 11.1 Å². The molecule has 94 valence electrons. The predicted molar refractivity (Wildman–Crippen MR) is 68.5 cm³/mol. The van der Waals surface area contributed by atoms with E-state index in [-0.39, 0.29) is 11.5 Å². The topological polar surface area (TPSA) is 32.5 Å². The summed E-state index contributed by atoms with van der Waals surface area (Å²) in [6.07, 6.45) is 5.41. The lowest BCUT2D eigenvalue weighted by Gasteiger charge is -2.40. The number of aliphatic hydroxyl groups is 1. The molecule has 3 rings (SSSR count). The number of fused-ring (bicyclic) bond motifs is 1. The van der Waals surface area contributed by atoms with Crippen molar-refractivity contribution in [1.29, 1.82) is 0 Å². The normalized spacial score (nSPS) is 43.1. The van der Waals surface area contributed by atoms with Crippen LogP contribution in [0.5, 0.6) is 0 Å². The summed E-state index contributed by atoms with van der Waals surface area (Å²) in [5, 5.41) is 10.9. The fourth-order valence-electron chi connectivity index (χ4n) is 3.55. The Morgan fingerprint density at radius 2 is 2.06 bits per heavy atom. The number of likely N-dealkylation sites (N-methyl/N-ethyl adjacent to an activating group) is 1. The van der Waals surface area contributed by atoms with E-state index in [1.54, 1.807) is 13.2 Å². The van der Waals surface area contributed by atoms with E-state index in [0.29, 0.717) is 0 Å². The molecule has 1 fully saturated rings. The van der Waals surface area contributed by atoms with Crippen molar-refractivity contribution in [3.05, 3.63) is 24.3 Å². The first kappa shape index (κ1) is 12.5. The minimum Gasteiger partial charge on any atom is -0.376 e. The van der Waals surface area contributed by atoms with Gasteiger partial charge in [0.05, 0.1) is 5.41 Å². The van der Waals surface area contributed by atoms with Crippen LogP contribution in [0.2, 0.25) is 0 Å². The molecule has 0 radical (unpaired) electrons. The Balaban J connectivity index is 2.57. The fraction of sp³-hybridized carbons (Fsp3) is 0.643. The van der Waals surface area contributed by atoms with Gasteiger partial charge in [-0.1, -0.05) is 6.58 Å². The summed E-state index contributed by atoms with van der Waals surface area (Å²) in [4.78, 5) is 0. The summed E-state index contributed by atoms with van der Waals surface area (Å²) in [6, 6.07) is 0. The van der Waals surface area contributed by atoms with Crippen molar-refractivity contribution in [1.82, 2.24) is 0 Å². The largest absolute Gasteiger partial charge is 0.376 e. The molecule has 1 saturated carbocycles. The maximum absolute atomic E-state index is 10.9. The smallest absolute Gasteiger partial charge is 0.202 e. The van der Waals surface area contributed by atoms with Crippen LogP contribution >= 0.6 is 0 Å². The van der Waals surface area contributed by atoms with Crippen molar-refractivity contribution in [2.75, 3.05) is 14.2 Å². The first-order valence-electron chi connectivity index (χ1n) is 5.94. The third-order valence-corrected chi connectivity index (χ3v) is 5.05. The molecule has 3 heteroatoms.